The topological polar surface area (TPSA) is 8.82 Å². The van der Waals surface area contributed by atoms with Crippen molar-refractivity contribution in [3.8, 4) is 33.4 Å². The fraction of sp³-hybridized carbons (Fsp3) is 0. The highest BCUT2D eigenvalue weighted by molar-refractivity contribution is 7.26. The molecule has 0 fully saturated rings. The second-order valence-corrected chi connectivity index (χ2v) is 16.7. The number of benzene rings is 9. The average molecular weight is 739 g/mol. The second kappa shape index (κ2) is 10.8. The van der Waals surface area contributed by atoms with Gasteiger partial charge in [0.1, 0.15) is 0 Å². The summed E-state index contributed by atoms with van der Waals surface area (Å²) in [6.07, 6.45) is 0. The van der Waals surface area contributed by atoms with Crippen molar-refractivity contribution in [2.75, 3.05) is 0 Å². The monoisotopic (exact) mass is 738 g/mol. The maximum Gasteiger partial charge on any atom is 0.0620 e. The van der Waals surface area contributed by atoms with Gasteiger partial charge in [0, 0.05) is 63.3 Å². The molecule has 0 saturated heterocycles. The molecule has 2 nitrogen and oxygen atoms in total. The SMILES string of the molecule is c1cc(-c2cc3c4ccccc4n4c5ccc(-c6ccc7c(c6)c6cccc8c9ccccc9n7c86)cc5c(c2)c34)cc(-c2cccc3c2sc2ccccc23)c1. The van der Waals surface area contributed by atoms with E-state index in [1.807, 2.05) is 11.3 Å². The summed E-state index contributed by atoms with van der Waals surface area (Å²) >= 11 is 1.89. The molecule has 0 saturated carbocycles. The van der Waals surface area contributed by atoms with Gasteiger partial charge in [-0.1, -0.05) is 121 Å². The highest BCUT2D eigenvalue weighted by Crippen LogP contribution is 2.45. The Labute approximate surface area is 330 Å². The third kappa shape index (κ3) is 3.89. The molecular formula is C54H30N2S. The third-order valence-corrected chi connectivity index (χ3v) is 14.0. The molecule has 0 atom stereocenters. The fourth-order valence-corrected chi connectivity index (χ4v) is 11.5. The van der Waals surface area contributed by atoms with Gasteiger partial charge in [-0.2, -0.15) is 0 Å². The lowest BCUT2D eigenvalue weighted by Gasteiger charge is -2.09. The molecular weight excluding hydrogens is 709 g/mol. The molecule has 57 heavy (non-hydrogen) atoms. The van der Waals surface area contributed by atoms with E-state index in [4.69, 9.17) is 0 Å². The molecule has 14 aromatic rings. The Balaban J connectivity index is 0.980. The van der Waals surface area contributed by atoms with E-state index in [2.05, 4.69) is 191 Å². The Bertz CT molecular complexity index is 3990. The van der Waals surface area contributed by atoms with Crippen molar-refractivity contribution in [2.24, 2.45) is 0 Å². The molecule has 0 aliphatic rings. The summed E-state index contributed by atoms with van der Waals surface area (Å²) in [4.78, 5) is 0. The first-order chi connectivity index (χ1) is 28.3. The smallest absolute Gasteiger partial charge is 0.0620 e. The van der Waals surface area contributed by atoms with Crippen LogP contribution in [0, 0.1) is 0 Å². The van der Waals surface area contributed by atoms with Crippen molar-refractivity contribution >= 4 is 108 Å². The van der Waals surface area contributed by atoms with Gasteiger partial charge in [-0.15, -0.1) is 11.3 Å². The highest BCUT2D eigenvalue weighted by atomic mass is 32.1. The molecule has 0 amide bonds. The van der Waals surface area contributed by atoms with Crippen LogP contribution in [0.3, 0.4) is 0 Å². The van der Waals surface area contributed by atoms with Crippen LogP contribution in [-0.2, 0) is 0 Å². The molecule has 9 aromatic carbocycles. The van der Waals surface area contributed by atoms with Crippen LogP contribution in [0.25, 0.3) is 130 Å². The van der Waals surface area contributed by atoms with Gasteiger partial charge in [0.2, 0.25) is 0 Å². The van der Waals surface area contributed by atoms with E-state index in [9.17, 15) is 0 Å². The lowest BCUT2D eigenvalue weighted by Crippen LogP contribution is -1.84. The number of thiophene rings is 1. The molecule has 0 bridgehead atoms. The third-order valence-electron chi connectivity index (χ3n) is 12.8. The fourth-order valence-electron chi connectivity index (χ4n) is 10.3. The number of aromatic nitrogens is 2. The van der Waals surface area contributed by atoms with Crippen LogP contribution in [-0.4, -0.2) is 8.80 Å². The quantitative estimate of drug-likeness (QED) is 0.171. The minimum atomic E-state index is 1.23. The van der Waals surface area contributed by atoms with Gasteiger partial charge >= 0.3 is 0 Å². The summed E-state index contributed by atoms with van der Waals surface area (Å²) in [7, 11) is 0. The van der Waals surface area contributed by atoms with E-state index in [1.54, 1.807) is 0 Å². The summed E-state index contributed by atoms with van der Waals surface area (Å²) in [5.74, 6) is 0. The predicted octanol–water partition coefficient (Wildman–Crippen LogP) is 15.4. The van der Waals surface area contributed by atoms with Crippen molar-refractivity contribution in [2.45, 2.75) is 0 Å². The average Bonchev–Trinajstić information content (AvgIpc) is 4.07. The molecule has 0 spiro atoms. The largest absolute Gasteiger partial charge is 0.308 e. The zero-order valence-electron chi connectivity index (χ0n) is 30.6. The minimum Gasteiger partial charge on any atom is -0.308 e. The van der Waals surface area contributed by atoms with E-state index in [0.29, 0.717) is 0 Å². The Kier molecular flexibility index (Phi) is 5.68. The molecule has 0 aliphatic carbocycles. The maximum atomic E-state index is 2.49. The molecule has 0 radical (unpaired) electrons. The van der Waals surface area contributed by atoms with E-state index in [-0.39, 0.29) is 0 Å². The molecule has 262 valence electrons. The van der Waals surface area contributed by atoms with Crippen LogP contribution in [0.4, 0.5) is 0 Å². The first-order valence-electron chi connectivity index (χ1n) is 19.7. The molecule has 5 heterocycles. The maximum absolute atomic E-state index is 2.49. The van der Waals surface area contributed by atoms with E-state index >= 15 is 0 Å². The van der Waals surface area contributed by atoms with Crippen molar-refractivity contribution < 1.29 is 0 Å². The summed E-state index contributed by atoms with van der Waals surface area (Å²) in [6, 6.07) is 68.1. The number of hydrogen-bond donors (Lipinski definition) is 0. The van der Waals surface area contributed by atoms with Crippen molar-refractivity contribution in [1.82, 2.24) is 8.80 Å². The van der Waals surface area contributed by atoms with E-state index in [0.717, 1.165) is 0 Å². The molecule has 14 rings (SSSR count). The van der Waals surface area contributed by atoms with Gasteiger partial charge in [-0.25, -0.2) is 0 Å². The summed E-state index contributed by atoms with van der Waals surface area (Å²) < 4.78 is 7.63. The van der Waals surface area contributed by atoms with Crippen LogP contribution >= 0.6 is 11.3 Å². The van der Waals surface area contributed by atoms with Crippen molar-refractivity contribution in [3.63, 3.8) is 0 Å². The van der Waals surface area contributed by atoms with Gasteiger partial charge in [-0.3, -0.25) is 0 Å². The second-order valence-electron chi connectivity index (χ2n) is 15.7. The Morgan fingerprint density at radius 3 is 1.51 bits per heavy atom. The first-order valence-corrected chi connectivity index (χ1v) is 20.5. The Morgan fingerprint density at radius 2 is 0.754 bits per heavy atom. The number of rotatable bonds is 3. The van der Waals surface area contributed by atoms with Crippen LogP contribution in [0.5, 0.6) is 0 Å². The zero-order valence-corrected chi connectivity index (χ0v) is 31.4. The standard InChI is InChI=1S/C54H30N2S/c1-4-19-47-37(12-1)40-16-9-17-41-43-27-32(22-24-49(43)55(47)52(40)41)33-23-25-50-44(28-33)46-30-35(29-45-38-13-2-5-20-48(38)56(50)53(45)46)31-10-7-11-34(26-31)36-15-8-18-42-39-14-3-6-21-51(39)57-54(36)42/h1-30H. The van der Waals surface area contributed by atoms with E-state index < -0.39 is 0 Å². The van der Waals surface area contributed by atoms with Gasteiger partial charge in [0.25, 0.3) is 0 Å². The molecule has 0 N–H and O–H groups in total. The molecule has 5 aromatic heterocycles. The lowest BCUT2D eigenvalue weighted by atomic mass is 9.95. The summed E-state index contributed by atoms with van der Waals surface area (Å²) in [5, 5.41) is 13.1. The van der Waals surface area contributed by atoms with Gasteiger partial charge in [0.05, 0.1) is 33.1 Å². The summed E-state index contributed by atoms with van der Waals surface area (Å²) in [5.41, 5.74) is 15.1. The Morgan fingerprint density at radius 1 is 0.281 bits per heavy atom. The number of para-hydroxylation sites is 3. The molecule has 0 aliphatic heterocycles. The van der Waals surface area contributed by atoms with Crippen molar-refractivity contribution in [1.29, 1.82) is 0 Å². The van der Waals surface area contributed by atoms with Crippen molar-refractivity contribution in [3.05, 3.63) is 182 Å². The number of hydrogen-bond acceptors (Lipinski definition) is 1. The summed E-state index contributed by atoms with van der Waals surface area (Å²) in [6.45, 7) is 0. The van der Waals surface area contributed by atoms with Crippen LogP contribution in [0.15, 0.2) is 182 Å². The van der Waals surface area contributed by atoms with Crippen LogP contribution in [0.2, 0.25) is 0 Å². The number of nitrogens with zero attached hydrogens (tertiary/aromatic N) is 2. The van der Waals surface area contributed by atoms with Gasteiger partial charge in [-0.05, 0) is 94.0 Å². The van der Waals surface area contributed by atoms with Gasteiger partial charge < -0.3 is 8.80 Å². The van der Waals surface area contributed by atoms with Crippen LogP contribution in [0.1, 0.15) is 0 Å². The lowest BCUT2D eigenvalue weighted by molar-refractivity contribution is 1.37. The van der Waals surface area contributed by atoms with Gasteiger partial charge in [0.15, 0.2) is 0 Å². The first kappa shape index (κ1) is 30.1. The van der Waals surface area contributed by atoms with E-state index in [1.165, 1.54) is 130 Å². The highest BCUT2D eigenvalue weighted by Gasteiger charge is 2.21. The van der Waals surface area contributed by atoms with Crippen LogP contribution < -0.4 is 0 Å². The zero-order chi connectivity index (χ0) is 36.9. The normalized spacial score (nSPS) is 12.6. The minimum absolute atomic E-state index is 1.23. The number of fused-ring (bicyclic) bond motifs is 15. The predicted molar refractivity (Wildman–Crippen MR) is 245 cm³/mol. The Hall–Kier alpha value is -7.20. The molecule has 0 unspecified atom stereocenters. The molecule has 3 heteroatoms.